The molecule has 0 radical (unpaired) electrons. The lowest BCUT2D eigenvalue weighted by Crippen LogP contribution is -1.63. The van der Waals surface area contributed by atoms with Crippen molar-refractivity contribution in [2.24, 2.45) is 0 Å². The molecule has 0 aliphatic heterocycles. The molecule has 2 rings (SSSR count). The number of benzene rings is 1. The quantitative estimate of drug-likeness (QED) is 0.566. The van der Waals surface area contributed by atoms with E-state index in [1.54, 1.807) is 6.92 Å². The topological polar surface area (TPSA) is 31.6 Å². The van der Waals surface area contributed by atoms with Gasteiger partial charge < -0.3 is 9.97 Å². The summed E-state index contributed by atoms with van der Waals surface area (Å²) < 4.78 is 0.682. The SMILES string of the molecule is C#CC#CC#CC#CC#CC.S=c1[nH]c2ccccc2[nH]1. The second kappa shape index (κ2) is 9.62. The Morgan fingerprint density at radius 2 is 1.33 bits per heavy atom. The van der Waals surface area contributed by atoms with Gasteiger partial charge in [0, 0.05) is 0 Å². The molecule has 0 saturated heterocycles. The van der Waals surface area contributed by atoms with Gasteiger partial charge in [-0.05, 0) is 78.6 Å². The maximum atomic E-state index is 4.90. The van der Waals surface area contributed by atoms with Gasteiger partial charge in [-0.15, -0.1) is 6.42 Å². The van der Waals surface area contributed by atoms with Gasteiger partial charge in [-0.3, -0.25) is 0 Å². The van der Waals surface area contributed by atoms with Crippen LogP contribution in [0.3, 0.4) is 0 Å². The van der Waals surface area contributed by atoms with E-state index >= 15 is 0 Å². The van der Waals surface area contributed by atoms with E-state index in [1.807, 2.05) is 24.3 Å². The number of hydrogen-bond donors (Lipinski definition) is 2. The van der Waals surface area contributed by atoms with Crippen molar-refractivity contribution in [1.29, 1.82) is 0 Å². The Morgan fingerprint density at radius 3 is 1.81 bits per heavy atom. The third-order valence-electron chi connectivity index (χ3n) is 2.00. The Balaban J connectivity index is 0.000000210. The van der Waals surface area contributed by atoms with Crippen LogP contribution in [0.25, 0.3) is 11.0 Å². The fraction of sp³-hybridized carbons (Fsp3) is 0.0556. The highest BCUT2D eigenvalue weighted by atomic mass is 32.1. The number of H-pyrrole nitrogens is 2. The Hall–Kier alpha value is -3.29. The molecule has 2 N–H and O–H groups in total. The van der Waals surface area contributed by atoms with Gasteiger partial charge in [0.15, 0.2) is 4.77 Å². The van der Waals surface area contributed by atoms with Crippen LogP contribution in [-0.2, 0) is 0 Å². The van der Waals surface area contributed by atoms with Crippen LogP contribution in [0.2, 0.25) is 0 Å². The van der Waals surface area contributed by atoms with E-state index < -0.39 is 0 Å². The minimum atomic E-state index is 0.682. The van der Waals surface area contributed by atoms with E-state index in [4.69, 9.17) is 18.6 Å². The summed E-state index contributed by atoms with van der Waals surface area (Å²) in [5, 5.41) is 0. The number of para-hydroxylation sites is 2. The van der Waals surface area contributed by atoms with Gasteiger partial charge in [-0.25, -0.2) is 0 Å². The highest BCUT2D eigenvalue weighted by molar-refractivity contribution is 7.71. The Kier molecular flexibility index (Phi) is 7.22. The molecule has 0 aliphatic rings. The smallest absolute Gasteiger partial charge is 0.175 e. The lowest BCUT2D eigenvalue weighted by atomic mass is 10.3. The van der Waals surface area contributed by atoms with E-state index in [-0.39, 0.29) is 0 Å². The third kappa shape index (κ3) is 6.43. The average molecular weight is 286 g/mol. The minimum Gasteiger partial charge on any atom is -0.331 e. The van der Waals surface area contributed by atoms with Gasteiger partial charge in [0.1, 0.15) is 0 Å². The Labute approximate surface area is 129 Å². The zero-order valence-electron chi connectivity index (χ0n) is 11.3. The molecule has 3 heteroatoms. The maximum absolute atomic E-state index is 4.90. The minimum absolute atomic E-state index is 0.682. The van der Waals surface area contributed by atoms with Crippen molar-refractivity contribution in [3.8, 4) is 59.7 Å². The first-order valence-electron chi connectivity index (χ1n) is 5.82. The Bertz CT molecular complexity index is 917. The maximum Gasteiger partial charge on any atom is 0.175 e. The molecule has 0 unspecified atom stereocenters. The number of aromatic amines is 2. The van der Waals surface area contributed by atoms with Crippen LogP contribution in [0.15, 0.2) is 24.3 Å². The van der Waals surface area contributed by atoms with Crippen molar-refractivity contribution in [3.05, 3.63) is 29.0 Å². The zero-order chi connectivity index (χ0) is 15.3. The number of nitrogens with one attached hydrogen (secondary N) is 2. The van der Waals surface area contributed by atoms with Crippen molar-refractivity contribution < 1.29 is 0 Å². The predicted octanol–water partition coefficient (Wildman–Crippen LogP) is 2.88. The van der Waals surface area contributed by atoms with E-state index in [0.717, 1.165) is 11.0 Å². The molecule has 1 aromatic carbocycles. The number of hydrogen-bond acceptors (Lipinski definition) is 1. The van der Waals surface area contributed by atoms with Crippen LogP contribution < -0.4 is 0 Å². The molecule has 2 nitrogen and oxygen atoms in total. The number of rotatable bonds is 0. The lowest BCUT2D eigenvalue weighted by Gasteiger charge is -1.82. The zero-order valence-corrected chi connectivity index (χ0v) is 12.1. The average Bonchev–Trinajstić information content (AvgIpc) is 2.87. The molecule has 98 valence electrons. The molecule has 2 aromatic rings. The van der Waals surface area contributed by atoms with Crippen LogP contribution in [0, 0.1) is 64.5 Å². The van der Waals surface area contributed by atoms with Gasteiger partial charge in [-0.2, -0.15) is 0 Å². The lowest BCUT2D eigenvalue weighted by molar-refractivity contribution is 1.30. The summed E-state index contributed by atoms with van der Waals surface area (Å²) in [6, 6.07) is 7.92. The molecule has 1 aromatic heterocycles. The van der Waals surface area contributed by atoms with Crippen LogP contribution >= 0.6 is 12.2 Å². The summed E-state index contributed by atoms with van der Waals surface area (Å²) in [5.74, 6) is 22.0. The number of imidazole rings is 1. The fourth-order valence-corrected chi connectivity index (χ4v) is 1.45. The molecular weight excluding hydrogens is 276 g/mol. The van der Waals surface area contributed by atoms with Crippen LogP contribution in [-0.4, -0.2) is 9.97 Å². The first-order valence-corrected chi connectivity index (χ1v) is 6.23. The number of aromatic nitrogens is 2. The van der Waals surface area contributed by atoms with Crippen LogP contribution in [0.1, 0.15) is 6.92 Å². The van der Waals surface area contributed by atoms with E-state index in [2.05, 4.69) is 63.3 Å². The largest absolute Gasteiger partial charge is 0.331 e. The van der Waals surface area contributed by atoms with Gasteiger partial charge in [0.25, 0.3) is 0 Å². The second-order valence-electron chi connectivity index (χ2n) is 3.39. The molecule has 0 aliphatic carbocycles. The summed E-state index contributed by atoms with van der Waals surface area (Å²) >= 11 is 4.90. The number of fused-ring (bicyclic) bond motifs is 1. The molecule has 21 heavy (non-hydrogen) atoms. The van der Waals surface area contributed by atoms with E-state index in [9.17, 15) is 0 Å². The van der Waals surface area contributed by atoms with Crippen molar-refractivity contribution in [2.45, 2.75) is 6.92 Å². The molecule has 0 bridgehead atoms. The number of terminal acetylenes is 1. The monoisotopic (exact) mass is 286 g/mol. The summed E-state index contributed by atoms with van der Waals surface area (Å²) in [5.41, 5.74) is 2.13. The summed E-state index contributed by atoms with van der Waals surface area (Å²) in [6.07, 6.45) is 4.84. The van der Waals surface area contributed by atoms with Crippen molar-refractivity contribution in [1.82, 2.24) is 9.97 Å². The van der Waals surface area contributed by atoms with Crippen LogP contribution in [0.5, 0.6) is 0 Å². The van der Waals surface area contributed by atoms with Crippen molar-refractivity contribution in [2.75, 3.05) is 0 Å². The normalized spacial score (nSPS) is 6.86. The summed E-state index contributed by atoms with van der Waals surface area (Å²) in [7, 11) is 0. The third-order valence-corrected chi connectivity index (χ3v) is 2.20. The second-order valence-corrected chi connectivity index (χ2v) is 3.80. The molecule has 0 fully saturated rings. The summed E-state index contributed by atoms with van der Waals surface area (Å²) in [6.45, 7) is 1.71. The molecular formula is C18H10N2S. The van der Waals surface area contributed by atoms with E-state index in [0.29, 0.717) is 4.77 Å². The van der Waals surface area contributed by atoms with Gasteiger partial charge >= 0.3 is 0 Å². The highest BCUT2D eigenvalue weighted by Gasteiger charge is 1.90. The molecule has 0 atom stereocenters. The van der Waals surface area contributed by atoms with Gasteiger partial charge in [-0.1, -0.05) is 18.1 Å². The van der Waals surface area contributed by atoms with Crippen molar-refractivity contribution >= 4 is 23.3 Å². The van der Waals surface area contributed by atoms with E-state index in [1.165, 1.54) is 0 Å². The molecule has 0 saturated carbocycles. The van der Waals surface area contributed by atoms with Crippen LogP contribution in [0.4, 0.5) is 0 Å². The predicted molar refractivity (Wildman–Crippen MR) is 89.1 cm³/mol. The molecule has 1 heterocycles. The molecule has 0 amide bonds. The highest BCUT2D eigenvalue weighted by Crippen LogP contribution is 2.06. The standard InChI is InChI=1S/C11H4.C7H6N2S/c1-3-5-7-9-11-10-8-6-4-2;10-7-8-5-3-1-2-4-6(5)9-7/h1H,2H3;1-4H,(H2,8,9,10). The first-order chi connectivity index (χ1) is 10.3. The molecule has 0 spiro atoms. The van der Waals surface area contributed by atoms with Gasteiger partial charge in [0.2, 0.25) is 0 Å². The fourth-order valence-electron chi connectivity index (χ4n) is 1.23. The first kappa shape index (κ1) is 15.8. The van der Waals surface area contributed by atoms with Gasteiger partial charge in [0.05, 0.1) is 11.0 Å². The summed E-state index contributed by atoms with van der Waals surface area (Å²) in [4.78, 5) is 6.04. The van der Waals surface area contributed by atoms with Crippen molar-refractivity contribution in [3.63, 3.8) is 0 Å². The Morgan fingerprint density at radius 1 is 0.857 bits per heavy atom.